The monoisotopic (exact) mass is 362 g/mol. The second kappa shape index (κ2) is 7.70. The van der Waals surface area contributed by atoms with Gasteiger partial charge in [0.1, 0.15) is 12.7 Å². The van der Waals surface area contributed by atoms with E-state index in [1.807, 2.05) is 47.4 Å². The highest BCUT2D eigenvalue weighted by Crippen LogP contribution is 2.26. The van der Waals surface area contributed by atoms with Gasteiger partial charge in [-0.3, -0.25) is 14.3 Å². The predicted octanol–water partition coefficient (Wildman–Crippen LogP) is 2.94. The number of amides is 1. The van der Waals surface area contributed by atoms with Crippen LogP contribution in [0, 0.1) is 5.92 Å². The molecule has 0 saturated carbocycles. The molecule has 1 saturated heterocycles. The summed E-state index contributed by atoms with van der Waals surface area (Å²) >= 11 is 0. The Morgan fingerprint density at radius 1 is 1.11 bits per heavy atom. The molecule has 1 aliphatic rings. The Bertz CT molecular complexity index is 946. The summed E-state index contributed by atoms with van der Waals surface area (Å²) in [4.78, 5) is 31.4. The molecule has 0 radical (unpaired) electrons. The van der Waals surface area contributed by atoms with Gasteiger partial charge in [-0.1, -0.05) is 42.5 Å². The van der Waals surface area contributed by atoms with Crippen LogP contribution in [0.4, 0.5) is 0 Å². The maximum atomic E-state index is 13.2. The minimum Gasteiger partial charge on any atom is -0.342 e. The average molecular weight is 362 g/mol. The van der Waals surface area contributed by atoms with E-state index in [-0.39, 0.29) is 17.6 Å². The number of aryl methyl sites for hydroxylation is 1. The quantitative estimate of drug-likeness (QED) is 0.655. The average Bonchev–Trinajstić information content (AvgIpc) is 3.25. The maximum absolute atomic E-state index is 13.2. The fourth-order valence-electron chi connectivity index (χ4n) is 3.79. The Labute approximate surface area is 157 Å². The summed E-state index contributed by atoms with van der Waals surface area (Å²) < 4.78 is 1.65. The molecule has 1 fully saturated rings. The van der Waals surface area contributed by atoms with Gasteiger partial charge in [0.25, 0.3) is 0 Å². The molecular weight excluding hydrogens is 340 g/mol. The normalized spacial score (nSPS) is 17.2. The Morgan fingerprint density at radius 3 is 2.81 bits per heavy atom. The van der Waals surface area contributed by atoms with Crippen molar-refractivity contribution < 1.29 is 9.59 Å². The van der Waals surface area contributed by atoms with Gasteiger partial charge in [-0.25, -0.2) is 4.98 Å². The van der Waals surface area contributed by atoms with Crippen LogP contribution in [0.15, 0.2) is 55.1 Å². The van der Waals surface area contributed by atoms with E-state index in [9.17, 15) is 9.59 Å². The molecule has 6 nitrogen and oxygen atoms in total. The smallest absolute Gasteiger partial charge is 0.224 e. The van der Waals surface area contributed by atoms with Crippen LogP contribution in [0.5, 0.6) is 0 Å². The molecule has 3 aromatic rings. The molecule has 0 N–H and O–H groups in total. The van der Waals surface area contributed by atoms with Crippen LogP contribution in [0.3, 0.4) is 0 Å². The number of carbonyl (C=O) groups excluding carboxylic acids is 2. The van der Waals surface area contributed by atoms with Gasteiger partial charge in [0.2, 0.25) is 5.91 Å². The predicted molar refractivity (Wildman–Crippen MR) is 102 cm³/mol. The largest absolute Gasteiger partial charge is 0.342 e. The summed E-state index contributed by atoms with van der Waals surface area (Å²) in [7, 11) is 0. The van der Waals surface area contributed by atoms with Crippen molar-refractivity contribution in [1.82, 2.24) is 19.7 Å². The van der Waals surface area contributed by atoms with E-state index in [0.29, 0.717) is 19.5 Å². The molecule has 138 valence electrons. The first-order valence-electron chi connectivity index (χ1n) is 9.34. The minimum atomic E-state index is -0.139. The number of hydrogen-bond acceptors (Lipinski definition) is 4. The molecule has 1 amide bonds. The molecule has 0 aliphatic carbocycles. The number of piperidine rings is 1. The van der Waals surface area contributed by atoms with Crippen molar-refractivity contribution in [2.45, 2.75) is 25.8 Å². The van der Waals surface area contributed by atoms with Crippen LogP contribution in [-0.2, 0) is 11.3 Å². The van der Waals surface area contributed by atoms with E-state index < -0.39 is 0 Å². The highest BCUT2D eigenvalue weighted by Gasteiger charge is 2.29. The molecule has 27 heavy (non-hydrogen) atoms. The molecule has 0 bridgehead atoms. The Kier molecular flexibility index (Phi) is 4.96. The number of likely N-dealkylation sites (tertiary alicyclic amines) is 1. The Balaban J connectivity index is 1.45. The van der Waals surface area contributed by atoms with Crippen molar-refractivity contribution in [3.05, 3.63) is 60.7 Å². The number of nitrogens with zero attached hydrogens (tertiary/aromatic N) is 4. The van der Waals surface area contributed by atoms with E-state index in [0.717, 1.165) is 35.7 Å². The summed E-state index contributed by atoms with van der Waals surface area (Å²) in [6.45, 7) is 1.73. The topological polar surface area (TPSA) is 68.1 Å². The zero-order valence-corrected chi connectivity index (χ0v) is 15.1. The van der Waals surface area contributed by atoms with Gasteiger partial charge in [-0.15, -0.1) is 0 Å². The van der Waals surface area contributed by atoms with Gasteiger partial charge < -0.3 is 4.90 Å². The number of carbonyl (C=O) groups is 2. The summed E-state index contributed by atoms with van der Waals surface area (Å²) in [5.41, 5.74) is 0.759. The maximum Gasteiger partial charge on any atom is 0.224 e. The van der Waals surface area contributed by atoms with Crippen molar-refractivity contribution >= 4 is 22.5 Å². The van der Waals surface area contributed by atoms with E-state index in [4.69, 9.17) is 0 Å². The van der Waals surface area contributed by atoms with Crippen molar-refractivity contribution in [3.8, 4) is 0 Å². The lowest BCUT2D eigenvalue weighted by Crippen LogP contribution is -2.42. The van der Waals surface area contributed by atoms with Crippen molar-refractivity contribution in [3.63, 3.8) is 0 Å². The fraction of sp³-hybridized carbons (Fsp3) is 0.333. The summed E-state index contributed by atoms with van der Waals surface area (Å²) in [5, 5.41) is 6.08. The fourth-order valence-corrected chi connectivity index (χ4v) is 3.79. The third-order valence-electron chi connectivity index (χ3n) is 5.22. The lowest BCUT2D eigenvalue weighted by atomic mass is 9.88. The van der Waals surface area contributed by atoms with Crippen LogP contribution in [0.2, 0.25) is 0 Å². The van der Waals surface area contributed by atoms with Gasteiger partial charge in [0.05, 0.1) is 6.54 Å². The van der Waals surface area contributed by atoms with Gasteiger partial charge in [0, 0.05) is 31.0 Å². The van der Waals surface area contributed by atoms with Gasteiger partial charge >= 0.3 is 0 Å². The number of benzene rings is 2. The van der Waals surface area contributed by atoms with Crippen LogP contribution in [0.1, 0.15) is 29.6 Å². The second-order valence-corrected chi connectivity index (χ2v) is 6.98. The van der Waals surface area contributed by atoms with E-state index in [1.165, 1.54) is 6.33 Å². The summed E-state index contributed by atoms with van der Waals surface area (Å²) in [5.74, 6) is 0.0707. The van der Waals surface area contributed by atoms with Crippen molar-refractivity contribution in [2.24, 2.45) is 5.92 Å². The molecule has 4 rings (SSSR count). The number of rotatable bonds is 5. The number of aromatic nitrogens is 3. The zero-order chi connectivity index (χ0) is 18.6. The van der Waals surface area contributed by atoms with Gasteiger partial charge in [-0.05, 0) is 23.6 Å². The Morgan fingerprint density at radius 2 is 1.96 bits per heavy atom. The molecular formula is C21H22N4O2. The molecule has 2 heterocycles. The Hall–Kier alpha value is -3.02. The van der Waals surface area contributed by atoms with Gasteiger partial charge in [0.15, 0.2) is 5.78 Å². The molecule has 6 heteroatoms. The molecule has 0 spiro atoms. The number of hydrogen-bond donors (Lipinski definition) is 0. The molecule has 1 unspecified atom stereocenters. The number of Topliss-reactive ketones (excluding diaryl/α,β-unsaturated/α-hetero) is 1. The standard InChI is InChI=1S/C21H22N4O2/c26-20(10-12-25-15-22-14-23-25)24-11-4-7-17(13-24)21(27)19-9-3-6-16-5-1-2-8-18(16)19/h1-3,5-6,8-9,14-15,17H,4,7,10-13H2. The number of fused-ring (bicyclic) bond motifs is 1. The van der Waals surface area contributed by atoms with E-state index >= 15 is 0 Å². The molecule has 1 aliphatic heterocycles. The lowest BCUT2D eigenvalue weighted by Gasteiger charge is -2.32. The lowest BCUT2D eigenvalue weighted by molar-refractivity contribution is -0.132. The van der Waals surface area contributed by atoms with E-state index in [1.54, 1.807) is 11.0 Å². The highest BCUT2D eigenvalue weighted by atomic mass is 16.2. The van der Waals surface area contributed by atoms with Gasteiger partial charge in [-0.2, -0.15) is 5.10 Å². The molecule has 1 aromatic heterocycles. The third kappa shape index (κ3) is 3.74. The summed E-state index contributed by atoms with van der Waals surface area (Å²) in [6, 6.07) is 13.8. The van der Waals surface area contributed by atoms with Crippen LogP contribution < -0.4 is 0 Å². The molecule has 1 atom stereocenters. The van der Waals surface area contributed by atoms with Crippen LogP contribution >= 0.6 is 0 Å². The molecule has 2 aromatic carbocycles. The first-order chi connectivity index (χ1) is 13.2. The van der Waals surface area contributed by atoms with Crippen LogP contribution in [0.25, 0.3) is 10.8 Å². The third-order valence-corrected chi connectivity index (χ3v) is 5.22. The van der Waals surface area contributed by atoms with E-state index in [2.05, 4.69) is 10.1 Å². The second-order valence-electron chi connectivity index (χ2n) is 6.98. The van der Waals surface area contributed by atoms with Crippen molar-refractivity contribution in [2.75, 3.05) is 13.1 Å². The zero-order valence-electron chi connectivity index (χ0n) is 15.1. The highest BCUT2D eigenvalue weighted by molar-refractivity contribution is 6.09. The van der Waals surface area contributed by atoms with Crippen molar-refractivity contribution in [1.29, 1.82) is 0 Å². The minimum absolute atomic E-state index is 0.0703. The van der Waals surface area contributed by atoms with Crippen LogP contribution in [-0.4, -0.2) is 44.4 Å². The first kappa shape index (κ1) is 17.4. The summed E-state index contributed by atoms with van der Waals surface area (Å²) in [6.07, 6.45) is 5.13. The number of ketones is 1. The SMILES string of the molecule is O=C(c1cccc2ccccc12)C1CCCN(C(=O)CCn2cncn2)C1. The first-order valence-corrected chi connectivity index (χ1v) is 9.34.